The van der Waals surface area contributed by atoms with Crippen molar-refractivity contribution < 1.29 is 9.90 Å². The highest BCUT2D eigenvalue weighted by atomic mass is 32.2. The number of hydrogen-bond donors (Lipinski definition) is 1. The Morgan fingerprint density at radius 2 is 2.29 bits per heavy atom. The smallest absolute Gasteiger partial charge is 0.345 e. The summed E-state index contributed by atoms with van der Waals surface area (Å²) in [5, 5.41) is 9.52. The first-order valence-corrected chi connectivity index (χ1v) is 6.70. The van der Waals surface area contributed by atoms with Gasteiger partial charge in [-0.3, -0.25) is 0 Å². The zero-order valence-electron chi connectivity index (χ0n) is 9.08. The molecule has 0 aliphatic carbocycles. The Balaban J connectivity index is 2.00. The lowest BCUT2D eigenvalue weighted by molar-refractivity contribution is 0.0702. The van der Waals surface area contributed by atoms with E-state index in [1.165, 1.54) is 23.1 Å². The third-order valence-electron chi connectivity index (χ3n) is 1.99. The normalized spacial score (nSPS) is 10.4. The highest BCUT2D eigenvalue weighted by Gasteiger charge is 2.07. The number of aryl methyl sites for hydroxylation is 1. The maximum absolute atomic E-state index is 10.7. The summed E-state index contributed by atoms with van der Waals surface area (Å²) < 4.78 is 0. The van der Waals surface area contributed by atoms with Gasteiger partial charge in [0.2, 0.25) is 0 Å². The maximum atomic E-state index is 10.7. The zero-order chi connectivity index (χ0) is 12.3. The largest absolute Gasteiger partial charge is 0.477 e. The molecule has 2 aromatic heterocycles. The van der Waals surface area contributed by atoms with E-state index in [0.717, 1.165) is 15.7 Å². The lowest BCUT2D eigenvalue weighted by Crippen LogP contribution is -1.89. The second-order valence-electron chi connectivity index (χ2n) is 3.34. The van der Waals surface area contributed by atoms with Gasteiger partial charge < -0.3 is 5.11 Å². The van der Waals surface area contributed by atoms with Crippen LogP contribution in [0.1, 0.15) is 20.2 Å². The van der Waals surface area contributed by atoms with Gasteiger partial charge in [-0.15, -0.1) is 11.3 Å². The van der Waals surface area contributed by atoms with E-state index in [0.29, 0.717) is 10.6 Å². The lowest BCUT2D eigenvalue weighted by Gasteiger charge is -1.98. The van der Waals surface area contributed by atoms with Gasteiger partial charge in [0.15, 0.2) is 5.16 Å². The second-order valence-corrected chi connectivity index (χ2v) is 5.45. The highest BCUT2D eigenvalue weighted by Crippen LogP contribution is 2.24. The molecule has 1 N–H and O–H groups in total. The molecule has 2 rings (SSSR count). The molecule has 88 valence electrons. The minimum absolute atomic E-state index is 0.366. The van der Waals surface area contributed by atoms with Crippen molar-refractivity contribution in [3.8, 4) is 0 Å². The van der Waals surface area contributed by atoms with Crippen molar-refractivity contribution in [2.24, 2.45) is 0 Å². The second kappa shape index (κ2) is 5.29. The number of thiophene rings is 1. The SMILES string of the molecule is Cc1ccnc(SCc2ccc(C(=O)O)s2)n1. The van der Waals surface area contributed by atoms with Crippen LogP contribution in [-0.4, -0.2) is 21.0 Å². The summed E-state index contributed by atoms with van der Waals surface area (Å²) in [6, 6.07) is 5.30. The first-order valence-electron chi connectivity index (χ1n) is 4.89. The van der Waals surface area contributed by atoms with Crippen molar-refractivity contribution in [3.05, 3.63) is 39.8 Å². The first-order chi connectivity index (χ1) is 8.15. The number of nitrogens with zero attached hydrogens (tertiary/aromatic N) is 2. The molecule has 0 unspecified atom stereocenters. The predicted molar refractivity (Wildman–Crippen MR) is 67.6 cm³/mol. The van der Waals surface area contributed by atoms with E-state index in [4.69, 9.17) is 5.11 Å². The van der Waals surface area contributed by atoms with E-state index in [9.17, 15) is 4.79 Å². The topological polar surface area (TPSA) is 63.1 Å². The molecule has 0 atom stereocenters. The Hall–Kier alpha value is -1.40. The molecule has 6 heteroatoms. The number of aromatic nitrogens is 2. The van der Waals surface area contributed by atoms with Crippen LogP contribution >= 0.6 is 23.1 Å². The van der Waals surface area contributed by atoms with Crippen molar-refractivity contribution >= 4 is 29.1 Å². The van der Waals surface area contributed by atoms with Gasteiger partial charge in [-0.25, -0.2) is 14.8 Å². The Labute approximate surface area is 107 Å². The van der Waals surface area contributed by atoms with Crippen LogP contribution in [0.2, 0.25) is 0 Å². The molecule has 0 spiro atoms. The molecule has 0 bridgehead atoms. The van der Waals surface area contributed by atoms with Crippen LogP contribution < -0.4 is 0 Å². The quantitative estimate of drug-likeness (QED) is 0.681. The van der Waals surface area contributed by atoms with Crippen molar-refractivity contribution in [2.45, 2.75) is 17.8 Å². The fourth-order valence-electron chi connectivity index (χ4n) is 1.20. The number of carboxylic acids is 1. The Bertz CT molecular complexity index is 540. The third-order valence-corrected chi connectivity index (χ3v) is 4.15. The summed E-state index contributed by atoms with van der Waals surface area (Å²) in [4.78, 5) is 20.5. The van der Waals surface area contributed by atoms with Crippen LogP contribution in [-0.2, 0) is 5.75 Å². The molecular weight excluding hydrogens is 256 g/mol. The van der Waals surface area contributed by atoms with E-state index >= 15 is 0 Å². The van der Waals surface area contributed by atoms with Gasteiger partial charge >= 0.3 is 5.97 Å². The fourth-order valence-corrected chi connectivity index (χ4v) is 2.97. The van der Waals surface area contributed by atoms with Crippen molar-refractivity contribution in [1.82, 2.24) is 9.97 Å². The molecular formula is C11H10N2O2S2. The molecule has 0 aliphatic rings. The molecule has 17 heavy (non-hydrogen) atoms. The minimum Gasteiger partial charge on any atom is -0.477 e. The Morgan fingerprint density at radius 1 is 1.47 bits per heavy atom. The van der Waals surface area contributed by atoms with Crippen molar-refractivity contribution in [3.63, 3.8) is 0 Å². The van der Waals surface area contributed by atoms with Crippen molar-refractivity contribution in [1.29, 1.82) is 0 Å². The van der Waals surface area contributed by atoms with Gasteiger partial charge in [0.1, 0.15) is 4.88 Å². The van der Waals surface area contributed by atoms with Gasteiger partial charge in [-0.05, 0) is 25.1 Å². The van der Waals surface area contributed by atoms with E-state index in [1.54, 1.807) is 12.3 Å². The zero-order valence-corrected chi connectivity index (χ0v) is 10.7. The van der Waals surface area contributed by atoms with Crippen LogP contribution in [0.3, 0.4) is 0 Å². The summed E-state index contributed by atoms with van der Waals surface area (Å²) in [6.45, 7) is 1.92. The molecule has 0 fully saturated rings. The lowest BCUT2D eigenvalue weighted by atomic mass is 10.4. The fraction of sp³-hybridized carbons (Fsp3) is 0.182. The van der Waals surface area contributed by atoms with Crippen LogP contribution in [0, 0.1) is 6.92 Å². The summed E-state index contributed by atoms with van der Waals surface area (Å²) in [6.07, 6.45) is 1.72. The summed E-state index contributed by atoms with van der Waals surface area (Å²) in [5.74, 6) is -0.181. The number of aromatic carboxylic acids is 1. The van der Waals surface area contributed by atoms with Gasteiger partial charge in [0.25, 0.3) is 0 Å². The monoisotopic (exact) mass is 266 g/mol. The van der Waals surface area contributed by atoms with Gasteiger partial charge in [-0.2, -0.15) is 0 Å². The molecule has 0 radical (unpaired) electrons. The van der Waals surface area contributed by atoms with Crippen LogP contribution in [0.25, 0.3) is 0 Å². The standard InChI is InChI=1S/C11H10N2O2S2/c1-7-4-5-12-11(13-7)16-6-8-2-3-9(17-8)10(14)15/h2-5H,6H2,1H3,(H,14,15). The van der Waals surface area contributed by atoms with E-state index in [2.05, 4.69) is 9.97 Å². The van der Waals surface area contributed by atoms with E-state index < -0.39 is 5.97 Å². The molecule has 2 aromatic rings. The Kier molecular flexibility index (Phi) is 3.75. The van der Waals surface area contributed by atoms with E-state index in [-0.39, 0.29) is 0 Å². The van der Waals surface area contributed by atoms with Crippen LogP contribution in [0.15, 0.2) is 29.6 Å². The third kappa shape index (κ3) is 3.28. The maximum Gasteiger partial charge on any atom is 0.345 e. The molecule has 0 saturated carbocycles. The molecule has 0 aromatic carbocycles. The molecule has 4 nitrogen and oxygen atoms in total. The van der Waals surface area contributed by atoms with Gasteiger partial charge in [0.05, 0.1) is 0 Å². The molecule has 0 amide bonds. The number of carboxylic acid groups (broad SMARTS) is 1. The highest BCUT2D eigenvalue weighted by molar-refractivity contribution is 7.98. The minimum atomic E-state index is -0.877. The number of thioether (sulfide) groups is 1. The number of rotatable bonds is 4. The average Bonchev–Trinajstić information content (AvgIpc) is 2.75. The molecule has 2 heterocycles. The summed E-state index contributed by atoms with van der Waals surface area (Å²) in [5.41, 5.74) is 0.930. The summed E-state index contributed by atoms with van der Waals surface area (Å²) in [7, 11) is 0. The number of hydrogen-bond acceptors (Lipinski definition) is 5. The average molecular weight is 266 g/mol. The van der Waals surface area contributed by atoms with Gasteiger partial charge in [-0.1, -0.05) is 11.8 Å². The van der Waals surface area contributed by atoms with Crippen molar-refractivity contribution in [2.75, 3.05) is 0 Å². The predicted octanol–water partition coefficient (Wildman–Crippen LogP) is 2.84. The molecule has 0 aliphatic heterocycles. The van der Waals surface area contributed by atoms with Gasteiger partial charge in [0, 0.05) is 22.5 Å². The van der Waals surface area contributed by atoms with Crippen LogP contribution in [0.5, 0.6) is 0 Å². The van der Waals surface area contributed by atoms with Crippen LogP contribution in [0.4, 0.5) is 0 Å². The first kappa shape index (κ1) is 12.1. The molecule has 0 saturated heterocycles. The summed E-state index contributed by atoms with van der Waals surface area (Å²) >= 11 is 2.80. The number of carbonyl (C=O) groups is 1. The van der Waals surface area contributed by atoms with E-state index in [1.807, 2.05) is 19.1 Å². The Morgan fingerprint density at radius 3 is 2.94 bits per heavy atom.